The molecule has 11 nitrogen and oxygen atoms in total. The second-order valence-corrected chi connectivity index (χ2v) is 7.39. The summed E-state index contributed by atoms with van der Waals surface area (Å²) in [7, 11) is 0. The van der Waals surface area contributed by atoms with E-state index in [2.05, 4.69) is 0 Å². The fourth-order valence-corrected chi connectivity index (χ4v) is 3.78. The van der Waals surface area contributed by atoms with Gasteiger partial charge in [-0.1, -0.05) is 30.3 Å². The van der Waals surface area contributed by atoms with Gasteiger partial charge in [0.1, 0.15) is 41.7 Å². The van der Waals surface area contributed by atoms with Crippen LogP contribution in [-0.2, 0) is 4.74 Å². The molecule has 0 amide bonds. The molecular formula is C21H20O11. The van der Waals surface area contributed by atoms with Crippen LogP contribution in [0.25, 0.3) is 22.3 Å². The van der Waals surface area contributed by atoms with Crippen molar-refractivity contribution in [3.05, 3.63) is 46.1 Å². The number of hydrogen-bond acceptors (Lipinski definition) is 11. The maximum atomic E-state index is 12.9. The third-order valence-corrected chi connectivity index (χ3v) is 5.49. The number of phenols is 3. The molecule has 1 saturated heterocycles. The molecule has 0 bridgehead atoms. The summed E-state index contributed by atoms with van der Waals surface area (Å²) in [5.74, 6) is -4.24. The molecule has 0 aliphatic carbocycles. The largest absolute Gasteiger partial charge is 0.506 e. The minimum atomic E-state index is -1.93. The first-order chi connectivity index (χ1) is 15.2. The van der Waals surface area contributed by atoms with Crippen LogP contribution >= 0.6 is 0 Å². The second kappa shape index (κ2) is 7.97. The molecule has 32 heavy (non-hydrogen) atoms. The van der Waals surface area contributed by atoms with Gasteiger partial charge in [-0.3, -0.25) is 4.79 Å². The summed E-state index contributed by atoms with van der Waals surface area (Å²) in [6.45, 7) is -0.786. The summed E-state index contributed by atoms with van der Waals surface area (Å²) in [6, 6.07) is 7.93. The number of aliphatic hydroxyl groups is 4. The van der Waals surface area contributed by atoms with Gasteiger partial charge in [0.25, 0.3) is 0 Å². The monoisotopic (exact) mass is 448 g/mol. The summed E-state index contributed by atoms with van der Waals surface area (Å²) in [4.78, 5) is 12.9. The fourth-order valence-electron chi connectivity index (χ4n) is 3.78. The Morgan fingerprint density at radius 3 is 2.09 bits per heavy atom. The molecule has 1 aromatic heterocycles. The van der Waals surface area contributed by atoms with Gasteiger partial charge in [-0.05, 0) is 0 Å². The normalized spacial score (nSPS) is 25.8. The molecule has 2 heterocycles. The summed E-state index contributed by atoms with van der Waals surface area (Å²) in [5.41, 5.74) is -2.22. The van der Waals surface area contributed by atoms with Crippen LogP contribution < -0.4 is 5.43 Å². The van der Waals surface area contributed by atoms with Crippen molar-refractivity contribution >= 4 is 11.0 Å². The lowest BCUT2D eigenvalue weighted by Crippen LogP contribution is -2.55. The van der Waals surface area contributed by atoms with E-state index in [0.717, 1.165) is 0 Å². The number of aliphatic hydroxyl groups excluding tert-OH is 4. The molecule has 2 aromatic carbocycles. The minimum absolute atomic E-state index is 0.278. The Bertz CT molecular complexity index is 1220. The first-order valence-corrected chi connectivity index (χ1v) is 9.51. The van der Waals surface area contributed by atoms with E-state index in [1.807, 2.05) is 0 Å². The topological polar surface area (TPSA) is 201 Å². The number of fused-ring (bicyclic) bond motifs is 1. The maximum absolute atomic E-state index is 12.9. The van der Waals surface area contributed by atoms with Gasteiger partial charge >= 0.3 is 0 Å². The predicted molar refractivity (Wildman–Crippen MR) is 107 cm³/mol. The van der Waals surface area contributed by atoms with Gasteiger partial charge in [-0.15, -0.1) is 0 Å². The molecule has 1 fully saturated rings. The van der Waals surface area contributed by atoms with Crippen molar-refractivity contribution in [3.8, 4) is 34.3 Å². The Morgan fingerprint density at radius 2 is 1.47 bits per heavy atom. The van der Waals surface area contributed by atoms with E-state index in [9.17, 15) is 45.6 Å². The highest BCUT2D eigenvalue weighted by atomic mass is 16.5. The minimum Gasteiger partial charge on any atom is -0.506 e. The summed E-state index contributed by atoms with van der Waals surface area (Å²) < 4.78 is 10.8. The van der Waals surface area contributed by atoms with E-state index >= 15 is 0 Å². The van der Waals surface area contributed by atoms with Gasteiger partial charge in [0, 0.05) is 5.56 Å². The second-order valence-electron chi connectivity index (χ2n) is 7.39. The van der Waals surface area contributed by atoms with Crippen LogP contribution in [0.5, 0.6) is 23.0 Å². The van der Waals surface area contributed by atoms with Crippen molar-refractivity contribution in [2.75, 3.05) is 6.61 Å². The SMILES string of the molecule is O=c1c(O)c(-c2ccccc2)oc2c(O)c(O)c(C3O[C@H](CO)[C@H](O)[C@H](O)[C@H]3O)c(O)c12. The molecule has 170 valence electrons. The number of rotatable bonds is 3. The van der Waals surface area contributed by atoms with Crippen LogP contribution in [0.1, 0.15) is 11.7 Å². The van der Waals surface area contributed by atoms with E-state index in [1.165, 1.54) is 12.1 Å². The molecule has 4 rings (SSSR count). The summed E-state index contributed by atoms with van der Waals surface area (Å²) in [5, 5.41) is 81.2. The number of benzene rings is 2. The highest BCUT2D eigenvalue weighted by Crippen LogP contribution is 2.50. The Balaban J connectivity index is 1.98. The quantitative estimate of drug-likeness (QED) is 0.195. The average Bonchev–Trinajstić information content (AvgIpc) is 2.79. The van der Waals surface area contributed by atoms with Crippen LogP contribution in [0, 0.1) is 0 Å². The maximum Gasteiger partial charge on any atom is 0.238 e. The number of ether oxygens (including phenoxy) is 1. The summed E-state index contributed by atoms with van der Waals surface area (Å²) in [6.07, 6.45) is -8.65. The Morgan fingerprint density at radius 1 is 0.812 bits per heavy atom. The smallest absolute Gasteiger partial charge is 0.238 e. The van der Waals surface area contributed by atoms with Gasteiger partial charge in [-0.25, -0.2) is 0 Å². The van der Waals surface area contributed by atoms with Crippen LogP contribution in [-0.4, -0.2) is 71.9 Å². The molecule has 0 radical (unpaired) electrons. The first kappa shape index (κ1) is 21.9. The number of phenolic OH excluding ortho intramolecular Hbond substituents is 3. The standard InChI is InChI=1S/C21H20O11/c22-6-8-11(23)15(27)18(30)20(31-8)9-12(24)10-13(25)16(28)19(7-4-2-1-3-5-7)32-21(10)17(29)14(9)26/h1-5,8,11,15,18,20,22-24,26-30H,6H2/t8-,11+,15+,18-,20?/m1/s1. The van der Waals surface area contributed by atoms with E-state index in [4.69, 9.17) is 9.15 Å². The number of aromatic hydroxyl groups is 4. The summed E-state index contributed by atoms with van der Waals surface area (Å²) >= 11 is 0. The lowest BCUT2D eigenvalue weighted by molar-refractivity contribution is -0.232. The molecule has 11 heteroatoms. The highest BCUT2D eigenvalue weighted by Gasteiger charge is 2.46. The van der Waals surface area contributed by atoms with Gasteiger partial charge in [0.05, 0.1) is 12.2 Å². The van der Waals surface area contributed by atoms with Crippen molar-refractivity contribution in [1.29, 1.82) is 0 Å². The van der Waals surface area contributed by atoms with Crippen molar-refractivity contribution in [3.63, 3.8) is 0 Å². The highest BCUT2D eigenvalue weighted by molar-refractivity contribution is 5.94. The zero-order chi connectivity index (χ0) is 23.3. The van der Waals surface area contributed by atoms with Crippen molar-refractivity contribution in [2.45, 2.75) is 30.5 Å². The van der Waals surface area contributed by atoms with E-state index < -0.39 is 82.1 Å². The molecule has 1 aliphatic heterocycles. The van der Waals surface area contributed by atoms with Gasteiger partial charge in [0.2, 0.25) is 16.9 Å². The zero-order valence-corrected chi connectivity index (χ0v) is 16.3. The van der Waals surface area contributed by atoms with Gasteiger partial charge in [-0.2, -0.15) is 0 Å². The lowest BCUT2D eigenvalue weighted by atomic mass is 9.89. The van der Waals surface area contributed by atoms with Crippen LogP contribution in [0.2, 0.25) is 0 Å². The van der Waals surface area contributed by atoms with Gasteiger partial charge in [0.15, 0.2) is 17.1 Å². The van der Waals surface area contributed by atoms with E-state index in [1.54, 1.807) is 18.2 Å². The molecule has 1 aliphatic rings. The van der Waals surface area contributed by atoms with E-state index in [0.29, 0.717) is 0 Å². The molecule has 0 saturated carbocycles. The fraction of sp³-hybridized carbons (Fsp3) is 0.286. The van der Waals surface area contributed by atoms with Crippen molar-refractivity contribution in [2.24, 2.45) is 0 Å². The van der Waals surface area contributed by atoms with Crippen LogP contribution in [0.4, 0.5) is 0 Å². The van der Waals surface area contributed by atoms with Crippen molar-refractivity contribution in [1.82, 2.24) is 0 Å². The van der Waals surface area contributed by atoms with E-state index in [-0.39, 0.29) is 11.3 Å². The molecule has 3 aromatic rings. The Hall–Kier alpha value is -3.35. The zero-order valence-electron chi connectivity index (χ0n) is 16.3. The Labute approximate surface area is 179 Å². The molecule has 0 spiro atoms. The third kappa shape index (κ3) is 3.15. The molecule has 5 atom stereocenters. The Kier molecular flexibility index (Phi) is 5.44. The molecule has 1 unspecified atom stereocenters. The van der Waals surface area contributed by atoms with Gasteiger partial charge < -0.3 is 50.0 Å². The number of hydrogen-bond donors (Lipinski definition) is 8. The predicted octanol–water partition coefficient (Wildman–Crippen LogP) is -0.203. The first-order valence-electron chi connectivity index (χ1n) is 9.51. The third-order valence-electron chi connectivity index (χ3n) is 5.49. The average molecular weight is 448 g/mol. The van der Waals surface area contributed by atoms with Crippen molar-refractivity contribution < 1.29 is 50.0 Å². The van der Waals surface area contributed by atoms with Crippen LogP contribution in [0.3, 0.4) is 0 Å². The lowest BCUT2D eigenvalue weighted by Gasteiger charge is -2.40. The molecule has 8 N–H and O–H groups in total. The van der Waals surface area contributed by atoms with Crippen LogP contribution in [0.15, 0.2) is 39.5 Å². The molecular weight excluding hydrogens is 428 g/mol.